The SMILES string of the molecule is CC=CCOC(=O)C(=O)C#COO. The maximum Gasteiger partial charge on any atom is 0.388 e. The molecular weight excluding hydrogens is 176 g/mol. The minimum atomic E-state index is -1.08. The minimum Gasteiger partial charge on any atom is -0.455 e. The Labute approximate surface area is 74.9 Å². The van der Waals surface area contributed by atoms with E-state index in [9.17, 15) is 9.59 Å². The first-order valence-corrected chi connectivity index (χ1v) is 3.36. The van der Waals surface area contributed by atoms with Crippen LogP contribution in [0.2, 0.25) is 0 Å². The quantitative estimate of drug-likeness (QED) is 0.168. The fraction of sp³-hybridized carbons (Fsp3) is 0.250. The van der Waals surface area contributed by atoms with Crippen LogP contribution in [-0.2, 0) is 19.2 Å². The minimum absolute atomic E-state index is 0.0166. The summed E-state index contributed by atoms with van der Waals surface area (Å²) in [7, 11) is 0. The molecule has 1 N–H and O–H groups in total. The lowest BCUT2D eigenvalue weighted by molar-refractivity contribution is -0.172. The number of carbonyl (C=O) groups excluding carboxylic acids is 2. The van der Waals surface area contributed by atoms with Gasteiger partial charge in [-0.15, -0.1) is 0 Å². The molecule has 0 aromatic rings. The molecule has 0 saturated heterocycles. The van der Waals surface area contributed by atoms with Gasteiger partial charge in [-0.1, -0.05) is 12.2 Å². The van der Waals surface area contributed by atoms with E-state index in [1.165, 1.54) is 0 Å². The van der Waals surface area contributed by atoms with E-state index < -0.39 is 11.8 Å². The second-order valence-electron chi connectivity index (χ2n) is 1.81. The molecule has 5 nitrogen and oxygen atoms in total. The molecule has 13 heavy (non-hydrogen) atoms. The highest BCUT2D eigenvalue weighted by Crippen LogP contribution is 1.82. The van der Waals surface area contributed by atoms with Crippen molar-refractivity contribution in [2.24, 2.45) is 0 Å². The van der Waals surface area contributed by atoms with E-state index in [0.29, 0.717) is 0 Å². The summed E-state index contributed by atoms with van der Waals surface area (Å²) < 4.78 is 4.43. The van der Waals surface area contributed by atoms with Crippen molar-refractivity contribution in [2.75, 3.05) is 6.61 Å². The van der Waals surface area contributed by atoms with E-state index in [1.54, 1.807) is 31.1 Å². The number of ketones is 1. The van der Waals surface area contributed by atoms with Crippen molar-refractivity contribution in [3.8, 4) is 12.0 Å². The first-order chi connectivity index (χ1) is 6.22. The van der Waals surface area contributed by atoms with Gasteiger partial charge in [-0.25, -0.2) is 4.79 Å². The van der Waals surface area contributed by atoms with Crippen molar-refractivity contribution >= 4 is 11.8 Å². The Balaban J connectivity index is 3.90. The Morgan fingerprint density at radius 3 is 2.77 bits per heavy atom. The van der Waals surface area contributed by atoms with Crippen LogP contribution in [0.4, 0.5) is 0 Å². The lowest BCUT2D eigenvalue weighted by atomic mass is 10.4. The standard InChI is InChI=1S/C8H8O5/c1-2-3-5-12-8(10)7(9)4-6-13-11/h2-3,11H,5H2,1H3. The summed E-state index contributed by atoms with van der Waals surface area (Å²) in [6.07, 6.45) is 4.78. The molecule has 70 valence electrons. The van der Waals surface area contributed by atoms with Gasteiger partial charge < -0.3 is 4.74 Å². The molecule has 0 aliphatic heterocycles. The number of allylic oxidation sites excluding steroid dienone is 1. The second kappa shape index (κ2) is 6.88. The molecule has 0 bridgehead atoms. The monoisotopic (exact) mass is 184 g/mol. The van der Waals surface area contributed by atoms with Crippen LogP contribution in [0.3, 0.4) is 0 Å². The zero-order chi connectivity index (χ0) is 10.1. The molecule has 0 atom stereocenters. The maximum atomic E-state index is 10.7. The molecule has 0 saturated carbocycles. The van der Waals surface area contributed by atoms with E-state index in [0.717, 1.165) is 0 Å². The van der Waals surface area contributed by atoms with Gasteiger partial charge in [0.15, 0.2) is 6.11 Å². The van der Waals surface area contributed by atoms with Crippen LogP contribution in [0.15, 0.2) is 12.2 Å². The predicted molar refractivity (Wildman–Crippen MR) is 42.3 cm³/mol. The van der Waals surface area contributed by atoms with Crippen molar-refractivity contribution in [2.45, 2.75) is 6.92 Å². The summed E-state index contributed by atoms with van der Waals surface area (Å²) in [6.45, 7) is 1.76. The van der Waals surface area contributed by atoms with Crippen LogP contribution < -0.4 is 0 Å². The Morgan fingerprint density at radius 1 is 1.54 bits per heavy atom. The molecule has 0 aliphatic carbocycles. The van der Waals surface area contributed by atoms with Gasteiger partial charge in [0.1, 0.15) is 6.61 Å². The third-order valence-electron chi connectivity index (χ3n) is 0.942. The summed E-state index contributed by atoms with van der Waals surface area (Å²) in [4.78, 5) is 24.6. The fourth-order valence-electron chi connectivity index (χ4n) is 0.406. The lowest BCUT2D eigenvalue weighted by Crippen LogP contribution is -2.15. The Morgan fingerprint density at radius 2 is 2.23 bits per heavy atom. The van der Waals surface area contributed by atoms with Gasteiger partial charge in [0, 0.05) is 5.92 Å². The van der Waals surface area contributed by atoms with Crippen molar-refractivity contribution < 1.29 is 24.5 Å². The molecule has 0 spiro atoms. The molecule has 0 unspecified atom stereocenters. The van der Waals surface area contributed by atoms with Crippen LogP contribution in [0.25, 0.3) is 0 Å². The van der Waals surface area contributed by atoms with Crippen molar-refractivity contribution in [1.29, 1.82) is 0 Å². The third kappa shape index (κ3) is 5.47. The Bertz CT molecular complexity index is 268. The normalized spacial score (nSPS) is 8.77. The number of hydrogen-bond acceptors (Lipinski definition) is 5. The average molecular weight is 184 g/mol. The highest BCUT2D eigenvalue weighted by atomic mass is 17.1. The molecule has 0 amide bonds. The topological polar surface area (TPSA) is 72.8 Å². The molecule has 0 fully saturated rings. The first-order valence-electron chi connectivity index (χ1n) is 3.36. The van der Waals surface area contributed by atoms with E-state index in [4.69, 9.17) is 5.26 Å². The summed E-state index contributed by atoms with van der Waals surface area (Å²) in [5, 5.41) is 7.72. The summed E-state index contributed by atoms with van der Waals surface area (Å²) >= 11 is 0. The van der Waals surface area contributed by atoms with Gasteiger partial charge in [0.2, 0.25) is 0 Å². The summed E-state index contributed by atoms with van der Waals surface area (Å²) in [5.74, 6) is -0.452. The lowest BCUT2D eigenvalue weighted by Gasteiger charge is -1.94. The molecule has 0 heterocycles. The zero-order valence-corrected chi connectivity index (χ0v) is 6.94. The van der Waals surface area contributed by atoms with Gasteiger partial charge in [-0.05, 0) is 6.92 Å². The number of carbonyl (C=O) groups is 2. The highest BCUT2D eigenvalue weighted by Gasteiger charge is 2.11. The molecule has 0 rings (SSSR count). The van der Waals surface area contributed by atoms with Gasteiger partial charge in [0.05, 0.1) is 0 Å². The van der Waals surface area contributed by atoms with Crippen molar-refractivity contribution in [3.05, 3.63) is 12.2 Å². The van der Waals surface area contributed by atoms with Crippen LogP contribution in [0.5, 0.6) is 0 Å². The van der Waals surface area contributed by atoms with Gasteiger partial charge in [-0.3, -0.25) is 9.68 Å². The predicted octanol–water partition coefficient (Wildman–Crippen LogP) is 0.125. The highest BCUT2D eigenvalue weighted by molar-refractivity contribution is 6.40. The second-order valence-corrected chi connectivity index (χ2v) is 1.81. The smallest absolute Gasteiger partial charge is 0.388 e. The van der Waals surface area contributed by atoms with Gasteiger partial charge >= 0.3 is 11.8 Å². The van der Waals surface area contributed by atoms with Crippen molar-refractivity contribution in [1.82, 2.24) is 0 Å². The molecule has 0 aromatic carbocycles. The fourth-order valence-corrected chi connectivity index (χ4v) is 0.406. The van der Waals surface area contributed by atoms with Crippen molar-refractivity contribution in [3.63, 3.8) is 0 Å². The largest absolute Gasteiger partial charge is 0.455 e. The number of hydrogen-bond donors (Lipinski definition) is 1. The van der Waals surface area contributed by atoms with Gasteiger partial charge in [0.25, 0.3) is 0 Å². The molecule has 0 aliphatic rings. The van der Waals surface area contributed by atoms with Crippen LogP contribution >= 0.6 is 0 Å². The Hall–Kier alpha value is -1.80. The molecular formula is C8H8O5. The number of rotatable bonds is 3. The van der Waals surface area contributed by atoms with E-state index in [-0.39, 0.29) is 6.61 Å². The van der Waals surface area contributed by atoms with Crippen LogP contribution in [0.1, 0.15) is 6.92 Å². The van der Waals surface area contributed by atoms with Crippen LogP contribution in [-0.4, -0.2) is 23.6 Å². The molecule has 5 heteroatoms. The first kappa shape index (κ1) is 11.2. The zero-order valence-electron chi connectivity index (χ0n) is 6.94. The Kier molecular flexibility index (Phi) is 5.93. The number of ether oxygens (including phenoxy) is 1. The van der Waals surface area contributed by atoms with Gasteiger partial charge in [-0.2, -0.15) is 5.26 Å². The van der Waals surface area contributed by atoms with E-state index in [2.05, 4.69) is 9.62 Å². The summed E-state index contributed by atoms with van der Waals surface area (Å²) in [5.41, 5.74) is 0. The average Bonchev–Trinajstić information content (AvgIpc) is 2.14. The van der Waals surface area contributed by atoms with E-state index in [1.807, 2.05) is 0 Å². The maximum absolute atomic E-state index is 10.7. The third-order valence-corrected chi connectivity index (χ3v) is 0.942. The van der Waals surface area contributed by atoms with Crippen LogP contribution in [0, 0.1) is 12.0 Å². The number of esters is 1. The molecule has 0 aromatic heterocycles. The summed E-state index contributed by atoms with van der Waals surface area (Å²) in [6, 6.07) is 0. The molecule has 0 radical (unpaired) electrons. The van der Waals surface area contributed by atoms with E-state index >= 15 is 0 Å². The number of Topliss-reactive ketones (excluding diaryl/α,β-unsaturated/α-hetero) is 1.